The first-order valence-electron chi connectivity index (χ1n) is 11.0. The molecule has 0 radical (unpaired) electrons. The second kappa shape index (κ2) is 11.2. The highest BCUT2D eigenvalue weighted by atomic mass is 79.9. The number of nitrogens with zero attached hydrogens (tertiary/aromatic N) is 2. The minimum absolute atomic E-state index is 0.0693. The maximum atomic E-state index is 12.6. The van der Waals surface area contributed by atoms with Crippen molar-refractivity contribution < 1.29 is 19.3 Å². The third-order valence-electron chi connectivity index (χ3n) is 5.59. The maximum Gasteiger partial charge on any atom is 0.282 e. The lowest BCUT2D eigenvalue weighted by Gasteiger charge is -2.13. The highest BCUT2D eigenvalue weighted by molar-refractivity contribution is 9.10. The van der Waals surface area contributed by atoms with Gasteiger partial charge >= 0.3 is 0 Å². The van der Waals surface area contributed by atoms with Crippen molar-refractivity contribution in [3.8, 4) is 0 Å². The van der Waals surface area contributed by atoms with Gasteiger partial charge in [0.2, 0.25) is 5.91 Å². The van der Waals surface area contributed by atoms with E-state index < -0.39 is 16.7 Å². The Labute approximate surface area is 200 Å². The molecular weight excluding hydrogens is 490 g/mol. The number of nitro benzene ring substituents is 1. The van der Waals surface area contributed by atoms with E-state index >= 15 is 0 Å². The smallest absolute Gasteiger partial charge is 0.282 e. The molecule has 1 aliphatic rings. The fourth-order valence-corrected chi connectivity index (χ4v) is 4.34. The molecule has 0 aliphatic carbocycles. The van der Waals surface area contributed by atoms with Gasteiger partial charge in [0.25, 0.3) is 17.5 Å². The Morgan fingerprint density at radius 1 is 1.09 bits per heavy atom. The highest BCUT2D eigenvalue weighted by Crippen LogP contribution is 2.31. The summed E-state index contributed by atoms with van der Waals surface area (Å²) in [6, 6.07) is 10.0. The zero-order valence-corrected chi connectivity index (χ0v) is 20.0. The molecule has 8 nitrogen and oxygen atoms in total. The number of hydrogen-bond donors (Lipinski definition) is 1. The third kappa shape index (κ3) is 5.84. The normalized spacial score (nSPS) is 12.7. The zero-order chi connectivity index (χ0) is 24.0. The molecular formula is C24H26BrN3O5. The predicted octanol–water partition coefficient (Wildman–Crippen LogP) is 5.50. The molecule has 1 N–H and O–H groups in total. The number of nitrogens with one attached hydrogen (secondary N) is 1. The van der Waals surface area contributed by atoms with Crippen molar-refractivity contribution in [3.63, 3.8) is 0 Å². The Morgan fingerprint density at radius 3 is 2.58 bits per heavy atom. The van der Waals surface area contributed by atoms with Crippen LogP contribution in [0.4, 0.5) is 11.4 Å². The molecule has 33 heavy (non-hydrogen) atoms. The molecule has 0 spiro atoms. The van der Waals surface area contributed by atoms with Gasteiger partial charge in [-0.25, -0.2) is 0 Å². The van der Waals surface area contributed by atoms with Gasteiger partial charge < -0.3 is 5.32 Å². The number of nitro groups is 1. The first-order valence-corrected chi connectivity index (χ1v) is 11.8. The molecule has 0 aromatic heterocycles. The number of halogens is 1. The van der Waals surface area contributed by atoms with E-state index in [2.05, 4.69) is 28.2 Å². The van der Waals surface area contributed by atoms with Crippen LogP contribution < -0.4 is 5.32 Å². The SMILES string of the molecule is CCCCc1ccc(NC(=O)CCCCCN2C(=O)c3cccc([N+](=O)[O-])c3C2=O)c(Br)c1. The number of fused-ring (bicyclic) bond motifs is 1. The van der Waals surface area contributed by atoms with E-state index in [1.165, 1.54) is 23.8 Å². The maximum absolute atomic E-state index is 12.6. The van der Waals surface area contributed by atoms with E-state index in [-0.39, 0.29) is 29.3 Å². The van der Waals surface area contributed by atoms with Gasteiger partial charge in [-0.05, 0) is 65.4 Å². The summed E-state index contributed by atoms with van der Waals surface area (Å²) in [6.07, 6.45) is 5.32. The van der Waals surface area contributed by atoms with E-state index in [0.29, 0.717) is 25.7 Å². The van der Waals surface area contributed by atoms with Gasteiger partial charge in [0.15, 0.2) is 0 Å². The lowest BCUT2D eigenvalue weighted by atomic mass is 10.1. The monoisotopic (exact) mass is 515 g/mol. The number of anilines is 1. The Hall–Kier alpha value is -3.07. The van der Waals surface area contributed by atoms with Gasteiger partial charge in [-0.3, -0.25) is 29.4 Å². The Morgan fingerprint density at radius 2 is 1.88 bits per heavy atom. The van der Waals surface area contributed by atoms with Crippen LogP contribution in [0.2, 0.25) is 0 Å². The molecule has 0 saturated carbocycles. The lowest BCUT2D eigenvalue weighted by Crippen LogP contribution is -2.30. The van der Waals surface area contributed by atoms with Crippen molar-refractivity contribution >= 4 is 45.0 Å². The van der Waals surface area contributed by atoms with Gasteiger partial charge in [0.1, 0.15) is 5.56 Å². The quantitative estimate of drug-likeness (QED) is 0.184. The topological polar surface area (TPSA) is 110 Å². The number of aryl methyl sites for hydroxylation is 1. The molecule has 3 rings (SSSR count). The van der Waals surface area contributed by atoms with Crippen molar-refractivity contribution in [2.24, 2.45) is 0 Å². The Kier molecular flexibility index (Phi) is 8.32. The Balaban J connectivity index is 1.44. The van der Waals surface area contributed by atoms with E-state index in [1.54, 1.807) is 0 Å². The summed E-state index contributed by atoms with van der Waals surface area (Å²) >= 11 is 3.51. The average Bonchev–Trinajstić information content (AvgIpc) is 3.03. The number of carbonyl (C=O) groups is 3. The van der Waals surface area contributed by atoms with Crippen molar-refractivity contribution in [1.29, 1.82) is 0 Å². The molecule has 3 amide bonds. The second-order valence-electron chi connectivity index (χ2n) is 8.00. The fraction of sp³-hybridized carbons (Fsp3) is 0.375. The minimum Gasteiger partial charge on any atom is -0.325 e. The summed E-state index contributed by atoms with van der Waals surface area (Å²) in [5, 5.41) is 14.1. The van der Waals surface area contributed by atoms with Crippen LogP contribution in [-0.2, 0) is 11.2 Å². The summed E-state index contributed by atoms with van der Waals surface area (Å²) in [6.45, 7) is 2.31. The van der Waals surface area contributed by atoms with Crippen LogP contribution >= 0.6 is 15.9 Å². The molecule has 0 saturated heterocycles. The standard InChI is InChI=1S/C24H26BrN3O5/c1-2-3-8-16-12-13-19(18(25)15-16)26-21(29)11-5-4-6-14-27-23(30)17-9-7-10-20(28(32)33)22(17)24(27)31/h7,9-10,12-13,15H,2-6,8,11,14H2,1H3,(H,26,29). The van der Waals surface area contributed by atoms with E-state index in [0.717, 1.165) is 34.3 Å². The zero-order valence-electron chi connectivity index (χ0n) is 18.4. The van der Waals surface area contributed by atoms with E-state index in [1.807, 2.05) is 18.2 Å². The summed E-state index contributed by atoms with van der Waals surface area (Å²) in [5.41, 5.74) is 1.53. The molecule has 9 heteroatoms. The van der Waals surface area contributed by atoms with Gasteiger partial charge in [-0.2, -0.15) is 0 Å². The van der Waals surface area contributed by atoms with Crippen molar-refractivity contribution in [2.75, 3.05) is 11.9 Å². The second-order valence-corrected chi connectivity index (χ2v) is 8.85. The summed E-state index contributed by atoms with van der Waals surface area (Å²) in [7, 11) is 0. The molecule has 0 atom stereocenters. The predicted molar refractivity (Wildman–Crippen MR) is 128 cm³/mol. The van der Waals surface area contributed by atoms with Gasteiger partial charge in [0.05, 0.1) is 16.2 Å². The molecule has 2 aromatic rings. The summed E-state index contributed by atoms with van der Waals surface area (Å²) in [4.78, 5) is 48.9. The number of unbranched alkanes of at least 4 members (excludes halogenated alkanes) is 3. The van der Waals surface area contributed by atoms with Crippen LogP contribution in [0.25, 0.3) is 0 Å². The van der Waals surface area contributed by atoms with Gasteiger partial charge in [0, 0.05) is 23.5 Å². The number of imide groups is 1. The molecule has 174 valence electrons. The van der Waals surface area contributed by atoms with Crippen LogP contribution in [0.1, 0.15) is 71.7 Å². The number of hydrogen-bond acceptors (Lipinski definition) is 5. The number of carbonyl (C=O) groups excluding carboxylic acids is 3. The largest absolute Gasteiger partial charge is 0.325 e. The lowest BCUT2D eigenvalue weighted by molar-refractivity contribution is -0.385. The molecule has 1 heterocycles. The summed E-state index contributed by atoms with van der Waals surface area (Å²) < 4.78 is 0.851. The van der Waals surface area contributed by atoms with Crippen LogP contribution in [-0.4, -0.2) is 34.1 Å². The van der Waals surface area contributed by atoms with Gasteiger partial charge in [-0.15, -0.1) is 0 Å². The minimum atomic E-state index is -0.650. The first-order chi connectivity index (χ1) is 15.8. The fourth-order valence-electron chi connectivity index (χ4n) is 3.81. The van der Waals surface area contributed by atoms with E-state index in [4.69, 9.17) is 0 Å². The van der Waals surface area contributed by atoms with Crippen molar-refractivity contribution in [2.45, 2.75) is 51.9 Å². The van der Waals surface area contributed by atoms with Crippen LogP contribution in [0.5, 0.6) is 0 Å². The average molecular weight is 516 g/mol. The van der Waals surface area contributed by atoms with Crippen LogP contribution in [0, 0.1) is 10.1 Å². The molecule has 0 fully saturated rings. The molecule has 0 bridgehead atoms. The number of benzene rings is 2. The number of amides is 3. The molecule has 0 unspecified atom stereocenters. The molecule has 2 aromatic carbocycles. The summed E-state index contributed by atoms with van der Waals surface area (Å²) in [5.74, 6) is -1.25. The molecule has 1 aliphatic heterocycles. The third-order valence-corrected chi connectivity index (χ3v) is 6.24. The highest BCUT2D eigenvalue weighted by Gasteiger charge is 2.40. The number of rotatable bonds is 11. The van der Waals surface area contributed by atoms with Crippen LogP contribution in [0.3, 0.4) is 0 Å². The van der Waals surface area contributed by atoms with Crippen LogP contribution in [0.15, 0.2) is 40.9 Å². The van der Waals surface area contributed by atoms with Crippen molar-refractivity contribution in [3.05, 3.63) is 67.7 Å². The van der Waals surface area contributed by atoms with Gasteiger partial charge in [-0.1, -0.05) is 31.9 Å². The van der Waals surface area contributed by atoms with E-state index in [9.17, 15) is 24.5 Å². The van der Waals surface area contributed by atoms with Crippen molar-refractivity contribution in [1.82, 2.24) is 4.90 Å². The Bertz CT molecular complexity index is 1090. The first kappa shape index (κ1) is 24.6.